The van der Waals surface area contributed by atoms with Crippen LogP contribution >= 0.6 is 0 Å². The van der Waals surface area contributed by atoms with Crippen molar-refractivity contribution in [1.29, 1.82) is 0 Å². The van der Waals surface area contributed by atoms with Crippen LogP contribution in [-0.4, -0.2) is 22.2 Å². The fourth-order valence-electron chi connectivity index (χ4n) is 2.19. The lowest BCUT2D eigenvalue weighted by atomic mass is 10.2. The van der Waals surface area contributed by atoms with E-state index >= 15 is 0 Å². The topological polar surface area (TPSA) is 58.9 Å². The Morgan fingerprint density at radius 3 is 2.81 bits per heavy atom. The number of nitrogens with zero attached hydrogens (tertiary/aromatic N) is 2. The number of benzene rings is 1. The average molecular weight is 286 g/mol. The average Bonchev–Trinajstić information content (AvgIpc) is 2.87. The summed E-state index contributed by atoms with van der Waals surface area (Å²) in [4.78, 5) is 12.3. The van der Waals surface area contributed by atoms with Crippen LogP contribution in [0.1, 0.15) is 35.6 Å². The molecule has 1 aromatic heterocycles. The Morgan fingerprint density at radius 1 is 1.29 bits per heavy atom. The second-order valence-corrected chi connectivity index (χ2v) is 4.92. The van der Waals surface area contributed by atoms with Crippen LogP contribution in [0.25, 0.3) is 0 Å². The van der Waals surface area contributed by atoms with Gasteiger partial charge in [-0.1, -0.05) is 19.1 Å². The lowest BCUT2D eigenvalue weighted by Crippen LogP contribution is -2.17. The Kier molecular flexibility index (Phi) is 5.11. The van der Waals surface area contributed by atoms with E-state index in [4.69, 9.17) is 0 Å². The molecule has 2 N–H and O–H groups in total. The van der Waals surface area contributed by atoms with Crippen molar-refractivity contribution < 1.29 is 4.79 Å². The zero-order valence-corrected chi connectivity index (χ0v) is 12.8. The minimum Gasteiger partial charge on any atom is -0.321 e. The molecule has 0 saturated heterocycles. The smallest absolute Gasteiger partial charge is 0.273 e. The lowest BCUT2D eigenvalue weighted by Gasteiger charge is -2.08. The van der Waals surface area contributed by atoms with Gasteiger partial charge in [-0.2, -0.15) is 5.10 Å². The molecule has 5 nitrogen and oxygen atoms in total. The Morgan fingerprint density at radius 2 is 2.10 bits per heavy atom. The molecule has 0 aliphatic rings. The number of carbonyl (C=O) groups excluding carboxylic acids is 1. The predicted molar refractivity (Wildman–Crippen MR) is 84.4 cm³/mol. The van der Waals surface area contributed by atoms with E-state index in [1.54, 1.807) is 10.7 Å². The van der Waals surface area contributed by atoms with E-state index in [0.29, 0.717) is 12.2 Å². The molecule has 0 aliphatic heterocycles. The highest BCUT2D eigenvalue weighted by Crippen LogP contribution is 2.13. The first-order valence-electron chi connectivity index (χ1n) is 7.29. The number of aromatic nitrogens is 2. The van der Waals surface area contributed by atoms with E-state index in [-0.39, 0.29) is 5.91 Å². The van der Waals surface area contributed by atoms with E-state index in [1.165, 1.54) is 0 Å². The van der Waals surface area contributed by atoms with E-state index in [1.807, 2.05) is 38.1 Å². The summed E-state index contributed by atoms with van der Waals surface area (Å²) in [6.45, 7) is 8.33. The minimum absolute atomic E-state index is 0.127. The molecule has 1 heterocycles. The number of anilines is 1. The number of hydrogen-bond donors (Lipinski definition) is 2. The van der Waals surface area contributed by atoms with Gasteiger partial charge in [0.1, 0.15) is 5.69 Å². The van der Waals surface area contributed by atoms with E-state index < -0.39 is 0 Å². The van der Waals surface area contributed by atoms with Crippen molar-refractivity contribution in [3.05, 3.63) is 47.3 Å². The number of amides is 1. The summed E-state index contributed by atoms with van der Waals surface area (Å²) in [5.74, 6) is -0.127. The van der Waals surface area contributed by atoms with Crippen molar-refractivity contribution in [3.63, 3.8) is 0 Å². The molecular formula is C16H22N4O. The number of rotatable bonds is 6. The van der Waals surface area contributed by atoms with Gasteiger partial charge in [-0.05, 0) is 44.2 Å². The highest BCUT2D eigenvalue weighted by atomic mass is 16.2. The Hall–Kier alpha value is -2.14. The zero-order chi connectivity index (χ0) is 15.2. The molecule has 1 amide bonds. The zero-order valence-electron chi connectivity index (χ0n) is 12.8. The van der Waals surface area contributed by atoms with Crippen LogP contribution in [0.2, 0.25) is 0 Å². The molecule has 5 heteroatoms. The van der Waals surface area contributed by atoms with Gasteiger partial charge < -0.3 is 10.6 Å². The molecule has 2 rings (SSSR count). The van der Waals surface area contributed by atoms with E-state index in [0.717, 1.165) is 30.0 Å². The van der Waals surface area contributed by atoms with Crippen LogP contribution < -0.4 is 10.6 Å². The Labute approximate surface area is 125 Å². The van der Waals surface area contributed by atoms with Gasteiger partial charge >= 0.3 is 0 Å². The molecule has 0 radical (unpaired) electrons. The predicted octanol–water partition coefficient (Wildman–Crippen LogP) is 2.57. The highest BCUT2D eigenvalue weighted by molar-refractivity contribution is 6.03. The van der Waals surface area contributed by atoms with Gasteiger partial charge in [0, 0.05) is 18.8 Å². The molecule has 0 fully saturated rings. The maximum absolute atomic E-state index is 12.3. The van der Waals surface area contributed by atoms with Gasteiger partial charge in [0.2, 0.25) is 0 Å². The number of hydrogen-bond acceptors (Lipinski definition) is 3. The van der Waals surface area contributed by atoms with Crippen LogP contribution in [0.15, 0.2) is 30.3 Å². The van der Waals surface area contributed by atoms with Gasteiger partial charge in [-0.25, -0.2) is 0 Å². The third kappa shape index (κ3) is 3.92. The first-order valence-corrected chi connectivity index (χ1v) is 7.29. The molecule has 0 unspecified atom stereocenters. The van der Waals surface area contributed by atoms with Gasteiger partial charge in [0.25, 0.3) is 5.91 Å². The summed E-state index contributed by atoms with van der Waals surface area (Å²) in [5, 5.41) is 10.5. The second-order valence-electron chi connectivity index (χ2n) is 4.92. The van der Waals surface area contributed by atoms with Crippen LogP contribution in [-0.2, 0) is 13.1 Å². The monoisotopic (exact) mass is 286 g/mol. The molecule has 2 aromatic rings. The van der Waals surface area contributed by atoms with Crippen molar-refractivity contribution in [1.82, 2.24) is 15.1 Å². The maximum Gasteiger partial charge on any atom is 0.273 e. The van der Waals surface area contributed by atoms with Crippen LogP contribution in [0.5, 0.6) is 0 Å². The van der Waals surface area contributed by atoms with Gasteiger partial charge in [0.15, 0.2) is 0 Å². The maximum atomic E-state index is 12.3. The summed E-state index contributed by atoms with van der Waals surface area (Å²) in [7, 11) is 0. The largest absolute Gasteiger partial charge is 0.321 e. The van der Waals surface area contributed by atoms with Gasteiger partial charge in [-0.3, -0.25) is 9.48 Å². The van der Waals surface area contributed by atoms with Crippen molar-refractivity contribution in [2.45, 2.75) is 33.9 Å². The first kappa shape index (κ1) is 15.3. The minimum atomic E-state index is -0.127. The fraction of sp³-hybridized carbons (Fsp3) is 0.375. The summed E-state index contributed by atoms with van der Waals surface area (Å²) in [6.07, 6.45) is 0. The summed E-state index contributed by atoms with van der Waals surface area (Å²) >= 11 is 0. The summed E-state index contributed by atoms with van der Waals surface area (Å²) in [6, 6.07) is 9.68. The van der Waals surface area contributed by atoms with Crippen molar-refractivity contribution in [2.24, 2.45) is 0 Å². The molecule has 1 aromatic carbocycles. The SMILES string of the molecule is CCNCc1cccc(NC(=O)c2cc(C)nn2CC)c1. The molecule has 0 bridgehead atoms. The fourth-order valence-corrected chi connectivity index (χ4v) is 2.19. The molecule has 0 spiro atoms. The second kappa shape index (κ2) is 7.04. The summed E-state index contributed by atoms with van der Waals surface area (Å²) in [5.41, 5.74) is 3.39. The van der Waals surface area contributed by atoms with E-state index in [9.17, 15) is 4.79 Å². The molecule has 0 atom stereocenters. The van der Waals surface area contributed by atoms with Gasteiger partial charge in [0.05, 0.1) is 5.69 Å². The normalized spacial score (nSPS) is 10.6. The van der Waals surface area contributed by atoms with E-state index in [2.05, 4.69) is 22.7 Å². The van der Waals surface area contributed by atoms with Crippen LogP contribution in [0, 0.1) is 6.92 Å². The van der Waals surface area contributed by atoms with Crippen molar-refractivity contribution >= 4 is 11.6 Å². The van der Waals surface area contributed by atoms with Gasteiger partial charge in [-0.15, -0.1) is 0 Å². The highest BCUT2D eigenvalue weighted by Gasteiger charge is 2.13. The third-order valence-electron chi connectivity index (χ3n) is 3.20. The molecule has 21 heavy (non-hydrogen) atoms. The number of aryl methyl sites for hydroxylation is 2. The van der Waals surface area contributed by atoms with Crippen molar-refractivity contribution in [2.75, 3.05) is 11.9 Å². The Bertz CT molecular complexity index is 618. The first-order chi connectivity index (χ1) is 10.1. The quantitative estimate of drug-likeness (QED) is 0.858. The van der Waals surface area contributed by atoms with Crippen LogP contribution in [0.4, 0.5) is 5.69 Å². The number of nitrogens with one attached hydrogen (secondary N) is 2. The molecule has 0 saturated carbocycles. The van der Waals surface area contributed by atoms with Crippen LogP contribution in [0.3, 0.4) is 0 Å². The summed E-state index contributed by atoms with van der Waals surface area (Å²) < 4.78 is 1.72. The Balaban J connectivity index is 2.11. The standard InChI is InChI=1S/C16H22N4O/c1-4-17-11-13-7-6-8-14(10-13)18-16(21)15-9-12(3)19-20(15)5-2/h6-10,17H,4-5,11H2,1-3H3,(H,18,21). The third-order valence-corrected chi connectivity index (χ3v) is 3.20. The number of carbonyl (C=O) groups is 1. The van der Waals surface area contributed by atoms with Crippen molar-refractivity contribution in [3.8, 4) is 0 Å². The lowest BCUT2D eigenvalue weighted by molar-refractivity contribution is 0.101. The molecular weight excluding hydrogens is 264 g/mol. The molecule has 0 aliphatic carbocycles. The molecule has 112 valence electrons.